The zero-order valence-corrected chi connectivity index (χ0v) is 16.8. The van der Waals surface area contributed by atoms with Crippen LogP contribution in [0.15, 0.2) is 54.6 Å². The Hall–Kier alpha value is -2.09. The molecule has 0 unspecified atom stereocenters. The van der Waals surface area contributed by atoms with Gasteiger partial charge in [0, 0.05) is 5.56 Å². The quantitative estimate of drug-likeness (QED) is 0.261. The Balaban J connectivity index is 1.66. The van der Waals surface area contributed by atoms with E-state index in [0.29, 0.717) is 23.5 Å². The lowest BCUT2D eigenvalue weighted by atomic mass is 10.0. The Kier molecular flexibility index (Phi) is 10.3. The van der Waals surface area contributed by atoms with Crippen LogP contribution in [0.5, 0.6) is 5.75 Å². The van der Waals surface area contributed by atoms with E-state index in [4.69, 9.17) is 4.74 Å². The highest BCUT2D eigenvalue weighted by molar-refractivity contribution is 6.10. The number of carbonyl (C=O) groups is 1. The Bertz CT molecular complexity index is 648. The van der Waals surface area contributed by atoms with Crippen molar-refractivity contribution in [3.05, 3.63) is 65.7 Å². The number of benzene rings is 2. The highest BCUT2D eigenvalue weighted by Gasteiger charge is 2.13. The van der Waals surface area contributed by atoms with E-state index in [-0.39, 0.29) is 5.78 Å². The number of carbonyl (C=O) groups excluding carboxylic acids is 1. The van der Waals surface area contributed by atoms with E-state index < -0.39 is 0 Å². The smallest absolute Gasteiger partial charge is 0.196 e. The summed E-state index contributed by atoms with van der Waals surface area (Å²) in [5.41, 5.74) is 1.35. The SMILES string of the molecule is CCCCCCCCCCCCOc1ccccc1C(=O)c1ccccc1. The van der Waals surface area contributed by atoms with Gasteiger partial charge in [-0.2, -0.15) is 0 Å². The monoisotopic (exact) mass is 366 g/mol. The van der Waals surface area contributed by atoms with Gasteiger partial charge in [0.2, 0.25) is 0 Å². The molecule has 146 valence electrons. The maximum atomic E-state index is 12.7. The van der Waals surface area contributed by atoms with Crippen LogP contribution in [-0.2, 0) is 0 Å². The van der Waals surface area contributed by atoms with E-state index in [0.717, 1.165) is 6.42 Å². The van der Waals surface area contributed by atoms with Gasteiger partial charge in [-0.05, 0) is 18.6 Å². The van der Waals surface area contributed by atoms with Crippen molar-refractivity contribution in [2.24, 2.45) is 0 Å². The molecule has 0 fully saturated rings. The molecule has 0 aliphatic heterocycles. The fourth-order valence-electron chi connectivity index (χ4n) is 3.30. The van der Waals surface area contributed by atoms with E-state index in [1.165, 1.54) is 57.8 Å². The van der Waals surface area contributed by atoms with Crippen molar-refractivity contribution >= 4 is 5.78 Å². The zero-order valence-electron chi connectivity index (χ0n) is 16.8. The Morgan fingerprint density at radius 3 is 1.93 bits per heavy atom. The number of ketones is 1. The third-order valence-corrected chi connectivity index (χ3v) is 4.92. The molecule has 0 heterocycles. The van der Waals surface area contributed by atoms with E-state index in [9.17, 15) is 4.79 Å². The first-order valence-corrected chi connectivity index (χ1v) is 10.6. The van der Waals surface area contributed by atoms with E-state index in [1.807, 2.05) is 54.6 Å². The maximum absolute atomic E-state index is 12.7. The lowest BCUT2D eigenvalue weighted by Gasteiger charge is -2.11. The van der Waals surface area contributed by atoms with Crippen LogP contribution in [0.25, 0.3) is 0 Å². The second-order valence-electron chi connectivity index (χ2n) is 7.22. The van der Waals surface area contributed by atoms with Gasteiger partial charge in [-0.25, -0.2) is 0 Å². The highest BCUT2D eigenvalue weighted by Crippen LogP contribution is 2.22. The summed E-state index contributed by atoms with van der Waals surface area (Å²) in [4.78, 5) is 12.7. The normalized spacial score (nSPS) is 10.7. The van der Waals surface area contributed by atoms with Crippen LogP contribution in [0.3, 0.4) is 0 Å². The number of ether oxygens (including phenoxy) is 1. The summed E-state index contributed by atoms with van der Waals surface area (Å²) < 4.78 is 5.93. The van der Waals surface area contributed by atoms with Crippen molar-refractivity contribution in [1.29, 1.82) is 0 Å². The summed E-state index contributed by atoms with van der Waals surface area (Å²) in [5, 5.41) is 0. The average Bonchev–Trinajstić information content (AvgIpc) is 2.72. The van der Waals surface area contributed by atoms with Gasteiger partial charge in [-0.3, -0.25) is 4.79 Å². The minimum Gasteiger partial charge on any atom is -0.493 e. The summed E-state index contributed by atoms with van der Waals surface area (Å²) in [6.07, 6.45) is 13.1. The molecule has 0 aromatic heterocycles. The standard InChI is InChI=1S/C25H34O2/c1-2-3-4-5-6-7-8-9-10-16-21-27-24-20-15-14-19-23(24)25(26)22-17-12-11-13-18-22/h11-15,17-20H,2-10,16,21H2,1H3. The van der Waals surface area contributed by atoms with Crippen molar-refractivity contribution in [2.45, 2.75) is 71.1 Å². The van der Waals surface area contributed by atoms with Gasteiger partial charge in [-0.15, -0.1) is 0 Å². The molecular weight excluding hydrogens is 332 g/mol. The van der Waals surface area contributed by atoms with Crippen LogP contribution in [-0.4, -0.2) is 12.4 Å². The van der Waals surface area contributed by atoms with Crippen LogP contribution in [0.1, 0.15) is 87.1 Å². The van der Waals surface area contributed by atoms with Crippen LogP contribution in [0.4, 0.5) is 0 Å². The number of hydrogen-bond donors (Lipinski definition) is 0. The minimum atomic E-state index is 0.0225. The highest BCUT2D eigenvalue weighted by atomic mass is 16.5. The number of hydrogen-bond acceptors (Lipinski definition) is 2. The first kappa shape index (κ1) is 21.2. The molecule has 0 aliphatic rings. The molecular formula is C25H34O2. The third kappa shape index (κ3) is 7.99. The molecule has 0 bridgehead atoms. The molecule has 0 atom stereocenters. The van der Waals surface area contributed by atoms with Crippen LogP contribution < -0.4 is 4.74 Å². The van der Waals surface area contributed by atoms with Gasteiger partial charge in [0.1, 0.15) is 5.75 Å². The summed E-state index contributed by atoms with van der Waals surface area (Å²) >= 11 is 0. The molecule has 2 heteroatoms. The lowest BCUT2D eigenvalue weighted by molar-refractivity contribution is 0.103. The van der Waals surface area contributed by atoms with Crippen molar-refractivity contribution in [3.8, 4) is 5.75 Å². The summed E-state index contributed by atoms with van der Waals surface area (Å²) in [5.74, 6) is 0.719. The first-order valence-electron chi connectivity index (χ1n) is 10.6. The summed E-state index contributed by atoms with van der Waals surface area (Å²) in [7, 11) is 0. The average molecular weight is 367 g/mol. The van der Waals surface area contributed by atoms with Gasteiger partial charge in [0.05, 0.1) is 12.2 Å². The number of para-hydroxylation sites is 1. The molecule has 0 N–H and O–H groups in total. The molecule has 0 radical (unpaired) electrons. The van der Waals surface area contributed by atoms with Gasteiger partial charge in [-0.1, -0.05) is 107 Å². The Labute approximate surface area is 165 Å². The van der Waals surface area contributed by atoms with Crippen LogP contribution in [0.2, 0.25) is 0 Å². The van der Waals surface area contributed by atoms with Crippen molar-refractivity contribution in [2.75, 3.05) is 6.61 Å². The second-order valence-corrected chi connectivity index (χ2v) is 7.22. The second kappa shape index (κ2) is 13.1. The Morgan fingerprint density at radius 1 is 0.704 bits per heavy atom. The van der Waals surface area contributed by atoms with Crippen molar-refractivity contribution in [3.63, 3.8) is 0 Å². The van der Waals surface area contributed by atoms with E-state index >= 15 is 0 Å². The van der Waals surface area contributed by atoms with Crippen LogP contribution in [0, 0.1) is 0 Å². The van der Waals surface area contributed by atoms with Crippen LogP contribution >= 0.6 is 0 Å². The van der Waals surface area contributed by atoms with Gasteiger partial charge in [0.25, 0.3) is 0 Å². The van der Waals surface area contributed by atoms with E-state index in [1.54, 1.807) is 0 Å². The number of rotatable bonds is 14. The zero-order chi connectivity index (χ0) is 19.2. The number of unbranched alkanes of at least 4 members (excludes halogenated alkanes) is 9. The maximum Gasteiger partial charge on any atom is 0.196 e. The first-order chi connectivity index (χ1) is 13.3. The van der Waals surface area contributed by atoms with Gasteiger partial charge < -0.3 is 4.74 Å². The predicted molar refractivity (Wildman–Crippen MR) is 114 cm³/mol. The van der Waals surface area contributed by atoms with E-state index in [2.05, 4.69) is 6.92 Å². The molecule has 0 amide bonds. The van der Waals surface area contributed by atoms with Crippen molar-refractivity contribution in [1.82, 2.24) is 0 Å². The molecule has 27 heavy (non-hydrogen) atoms. The molecule has 0 saturated heterocycles. The summed E-state index contributed by atoms with van der Waals surface area (Å²) in [6, 6.07) is 17.0. The molecule has 0 aliphatic carbocycles. The van der Waals surface area contributed by atoms with Gasteiger partial charge in [0.15, 0.2) is 5.78 Å². The minimum absolute atomic E-state index is 0.0225. The summed E-state index contributed by atoms with van der Waals surface area (Å²) in [6.45, 7) is 2.94. The predicted octanol–water partition coefficient (Wildman–Crippen LogP) is 7.22. The van der Waals surface area contributed by atoms with Crippen molar-refractivity contribution < 1.29 is 9.53 Å². The molecule has 0 saturated carbocycles. The molecule has 2 rings (SSSR count). The molecule has 2 aromatic rings. The largest absolute Gasteiger partial charge is 0.493 e. The molecule has 2 aromatic carbocycles. The topological polar surface area (TPSA) is 26.3 Å². The Morgan fingerprint density at radius 2 is 1.26 bits per heavy atom. The van der Waals surface area contributed by atoms with Gasteiger partial charge >= 0.3 is 0 Å². The lowest BCUT2D eigenvalue weighted by Crippen LogP contribution is -2.06. The fraction of sp³-hybridized carbons (Fsp3) is 0.480. The molecule has 2 nitrogen and oxygen atoms in total. The fourth-order valence-corrected chi connectivity index (χ4v) is 3.30. The third-order valence-electron chi connectivity index (χ3n) is 4.92. The molecule has 0 spiro atoms.